The predicted octanol–water partition coefficient (Wildman–Crippen LogP) is 4.73. The van der Waals surface area contributed by atoms with Crippen LogP contribution in [0.2, 0.25) is 10.0 Å². The monoisotopic (exact) mass is 678 g/mol. The van der Waals surface area contributed by atoms with E-state index in [1.165, 1.54) is 17.0 Å². The standard InChI is InChI=1S/C34H32Cl2N4O7/c1-18(2)29(38-32(45)19-8-4-3-5-9-19)34(46)40(23-12-20-10-6-7-11-21(20)13-23)17-27(41)37-25(16-28(42)43)31(44)33-39-30-24(36)14-22(35)15-26(30)47-33/h3-11,14-15,18,23,25,29H,12-13,16-17H2,1-2H3,(H,37,41)(H,38,45)(H,42,43)/t25-,29-/m0/s1. The van der Waals surface area contributed by atoms with Crippen LogP contribution < -0.4 is 10.6 Å². The number of amides is 3. The molecule has 0 fully saturated rings. The van der Waals surface area contributed by atoms with Gasteiger partial charge in [0.25, 0.3) is 11.8 Å². The highest BCUT2D eigenvalue weighted by molar-refractivity contribution is 6.38. The molecule has 0 bridgehead atoms. The number of rotatable bonds is 12. The van der Waals surface area contributed by atoms with Crippen molar-refractivity contribution >= 4 is 63.8 Å². The number of aromatic nitrogens is 1. The van der Waals surface area contributed by atoms with Gasteiger partial charge in [-0.25, -0.2) is 4.98 Å². The van der Waals surface area contributed by atoms with E-state index in [4.69, 9.17) is 27.6 Å². The number of carbonyl (C=O) groups excluding carboxylic acids is 4. The molecule has 11 nitrogen and oxygen atoms in total. The van der Waals surface area contributed by atoms with E-state index >= 15 is 0 Å². The number of carbonyl (C=O) groups is 5. The molecule has 1 aliphatic carbocycles. The number of carboxylic acid groups (broad SMARTS) is 1. The normalized spacial score (nSPS) is 14.0. The molecule has 4 aromatic rings. The molecule has 3 aromatic carbocycles. The summed E-state index contributed by atoms with van der Waals surface area (Å²) in [5, 5.41) is 15.2. The van der Waals surface area contributed by atoms with Gasteiger partial charge >= 0.3 is 5.97 Å². The summed E-state index contributed by atoms with van der Waals surface area (Å²) in [5.74, 6) is -4.76. The van der Waals surface area contributed by atoms with Crippen LogP contribution in [0.5, 0.6) is 0 Å². The van der Waals surface area contributed by atoms with Gasteiger partial charge in [-0.3, -0.25) is 24.0 Å². The molecule has 0 aliphatic heterocycles. The minimum Gasteiger partial charge on any atom is -0.481 e. The van der Waals surface area contributed by atoms with Crippen LogP contribution in [-0.2, 0) is 27.2 Å². The number of ketones is 1. The molecule has 3 N–H and O–H groups in total. The largest absolute Gasteiger partial charge is 0.481 e. The van der Waals surface area contributed by atoms with Gasteiger partial charge < -0.3 is 25.1 Å². The fourth-order valence-electron chi connectivity index (χ4n) is 5.64. The average Bonchev–Trinajstić information content (AvgIpc) is 3.66. The smallest absolute Gasteiger partial charge is 0.305 e. The number of halogens is 2. The fourth-order valence-corrected chi connectivity index (χ4v) is 6.16. The molecule has 0 saturated heterocycles. The van der Waals surface area contributed by atoms with Gasteiger partial charge in [-0.05, 0) is 48.1 Å². The molecule has 244 valence electrons. The maximum Gasteiger partial charge on any atom is 0.305 e. The van der Waals surface area contributed by atoms with Crippen molar-refractivity contribution < 1.29 is 33.5 Å². The molecule has 5 rings (SSSR count). The zero-order valence-corrected chi connectivity index (χ0v) is 27.0. The van der Waals surface area contributed by atoms with E-state index < -0.39 is 66.5 Å². The van der Waals surface area contributed by atoms with Crippen molar-refractivity contribution in [2.75, 3.05) is 6.54 Å². The van der Waals surface area contributed by atoms with Crippen LogP contribution in [0.15, 0.2) is 71.1 Å². The second-order valence-corrected chi connectivity index (χ2v) is 12.5. The Kier molecular flexibility index (Phi) is 10.3. The lowest BCUT2D eigenvalue weighted by atomic mass is 10.00. The Labute approximate surface area is 280 Å². The lowest BCUT2D eigenvalue weighted by Crippen LogP contribution is -2.57. The minimum atomic E-state index is -1.57. The molecule has 0 spiro atoms. The maximum absolute atomic E-state index is 14.2. The SMILES string of the molecule is CC(C)[C@H](NC(=O)c1ccccc1)C(=O)N(CC(=O)N[C@@H](CC(=O)O)C(=O)c1nc2c(Cl)cc(Cl)cc2o1)C1Cc2ccccc2C1. The average molecular weight is 680 g/mol. The van der Waals surface area contributed by atoms with Gasteiger partial charge in [0, 0.05) is 22.7 Å². The molecule has 3 amide bonds. The third-order valence-corrected chi connectivity index (χ3v) is 8.48. The number of hydrogen-bond acceptors (Lipinski definition) is 7. The third-order valence-electron chi connectivity index (χ3n) is 7.98. The number of carboxylic acids is 1. The molecular formula is C34H32Cl2N4O7. The second kappa shape index (κ2) is 14.4. The Morgan fingerprint density at radius 1 is 0.957 bits per heavy atom. The van der Waals surface area contributed by atoms with E-state index in [0.717, 1.165) is 11.1 Å². The summed E-state index contributed by atoms with van der Waals surface area (Å²) < 4.78 is 5.52. The Balaban J connectivity index is 1.40. The van der Waals surface area contributed by atoms with Gasteiger partial charge in [-0.15, -0.1) is 0 Å². The van der Waals surface area contributed by atoms with Crippen LogP contribution in [0.3, 0.4) is 0 Å². The summed E-state index contributed by atoms with van der Waals surface area (Å²) in [6.07, 6.45) is 0.162. The first kappa shape index (κ1) is 33.6. The van der Waals surface area contributed by atoms with E-state index in [1.807, 2.05) is 24.3 Å². The number of oxazole rings is 1. The van der Waals surface area contributed by atoms with E-state index in [2.05, 4.69) is 15.6 Å². The summed E-state index contributed by atoms with van der Waals surface area (Å²) in [6.45, 7) is 3.08. The van der Waals surface area contributed by atoms with Crippen molar-refractivity contribution in [1.29, 1.82) is 0 Å². The zero-order chi connectivity index (χ0) is 33.8. The quantitative estimate of drug-likeness (QED) is 0.181. The summed E-state index contributed by atoms with van der Waals surface area (Å²) in [4.78, 5) is 71.6. The number of benzene rings is 3. The molecule has 1 heterocycles. The maximum atomic E-state index is 14.2. The molecule has 1 aromatic heterocycles. The van der Waals surface area contributed by atoms with Crippen molar-refractivity contribution in [1.82, 2.24) is 20.5 Å². The first-order valence-electron chi connectivity index (χ1n) is 15.0. The van der Waals surface area contributed by atoms with Crippen molar-refractivity contribution in [3.8, 4) is 0 Å². The second-order valence-electron chi connectivity index (χ2n) is 11.7. The van der Waals surface area contributed by atoms with Crippen LogP contribution in [0.4, 0.5) is 0 Å². The molecule has 13 heteroatoms. The topological polar surface area (TPSA) is 159 Å². The number of fused-ring (bicyclic) bond motifs is 2. The summed E-state index contributed by atoms with van der Waals surface area (Å²) in [5.41, 5.74) is 2.69. The predicted molar refractivity (Wildman–Crippen MR) is 174 cm³/mol. The van der Waals surface area contributed by atoms with Gasteiger partial charge in [0.05, 0.1) is 18.0 Å². The van der Waals surface area contributed by atoms with E-state index in [-0.39, 0.29) is 27.1 Å². The Morgan fingerprint density at radius 3 is 2.21 bits per heavy atom. The third kappa shape index (κ3) is 7.81. The van der Waals surface area contributed by atoms with Gasteiger partial charge in [-0.2, -0.15) is 0 Å². The van der Waals surface area contributed by atoms with Crippen molar-refractivity contribution in [2.24, 2.45) is 5.92 Å². The van der Waals surface area contributed by atoms with Crippen LogP contribution in [0.25, 0.3) is 11.1 Å². The Morgan fingerprint density at radius 2 is 1.60 bits per heavy atom. The van der Waals surface area contributed by atoms with Crippen molar-refractivity contribution in [2.45, 2.75) is 51.2 Å². The van der Waals surface area contributed by atoms with Gasteiger partial charge in [-0.1, -0.05) is 79.5 Å². The van der Waals surface area contributed by atoms with Crippen LogP contribution >= 0.6 is 23.2 Å². The number of aliphatic carboxylic acids is 1. The Bertz CT molecular complexity index is 1820. The molecule has 0 unspecified atom stereocenters. The molecule has 0 radical (unpaired) electrons. The molecular weight excluding hydrogens is 647 g/mol. The molecule has 2 atom stereocenters. The number of nitrogens with zero attached hydrogens (tertiary/aromatic N) is 2. The van der Waals surface area contributed by atoms with Crippen LogP contribution in [0.1, 0.15) is 52.4 Å². The first-order valence-corrected chi connectivity index (χ1v) is 15.7. The zero-order valence-electron chi connectivity index (χ0n) is 25.5. The molecule has 1 aliphatic rings. The van der Waals surface area contributed by atoms with E-state index in [1.54, 1.807) is 44.2 Å². The highest BCUT2D eigenvalue weighted by atomic mass is 35.5. The Hall–Kier alpha value is -4.74. The van der Waals surface area contributed by atoms with Gasteiger partial charge in [0.15, 0.2) is 5.58 Å². The van der Waals surface area contributed by atoms with Gasteiger partial charge in [0.1, 0.15) is 17.6 Å². The number of nitrogens with one attached hydrogen (secondary N) is 2. The highest BCUT2D eigenvalue weighted by Gasteiger charge is 2.38. The lowest BCUT2D eigenvalue weighted by Gasteiger charge is -2.34. The number of hydrogen-bond donors (Lipinski definition) is 3. The molecule has 0 saturated carbocycles. The van der Waals surface area contributed by atoms with Crippen LogP contribution in [0, 0.1) is 5.92 Å². The lowest BCUT2D eigenvalue weighted by molar-refractivity contribution is -0.141. The van der Waals surface area contributed by atoms with E-state index in [9.17, 15) is 29.1 Å². The van der Waals surface area contributed by atoms with E-state index in [0.29, 0.717) is 18.4 Å². The van der Waals surface area contributed by atoms with Crippen molar-refractivity contribution in [3.63, 3.8) is 0 Å². The fraction of sp³-hybridized carbons (Fsp3) is 0.294. The molecule has 47 heavy (non-hydrogen) atoms. The van der Waals surface area contributed by atoms with Crippen LogP contribution in [-0.4, -0.2) is 69.1 Å². The summed E-state index contributed by atoms with van der Waals surface area (Å²) in [6, 6.07) is 16.0. The van der Waals surface area contributed by atoms with Gasteiger partial charge in [0.2, 0.25) is 17.6 Å². The minimum absolute atomic E-state index is 0.112. The highest BCUT2D eigenvalue weighted by Crippen LogP contribution is 2.29. The first-order chi connectivity index (χ1) is 22.4. The number of Topliss-reactive ketones (excluding diaryl/α,β-unsaturated/α-hetero) is 1. The summed E-state index contributed by atoms with van der Waals surface area (Å²) in [7, 11) is 0. The van der Waals surface area contributed by atoms with Crippen molar-refractivity contribution in [3.05, 3.63) is 99.4 Å². The summed E-state index contributed by atoms with van der Waals surface area (Å²) >= 11 is 12.2.